The summed E-state index contributed by atoms with van der Waals surface area (Å²) in [5.41, 5.74) is 0.783. The Labute approximate surface area is 184 Å². The molecule has 0 saturated carbocycles. The molecule has 1 aliphatic rings. The van der Waals surface area contributed by atoms with Crippen LogP contribution in [-0.2, 0) is 42.9 Å². The summed E-state index contributed by atoms with van der Waals surface area (Å²) in [6.45, 7) is 8.20. The van der Waals surface area contributed by atoms with Gasteiger partial charge in [-0.2, -0.15) is 0 Å². The van der Waals surface area contributed by atoms with Crippen LogP contribution >= 0.6 is 0 Å². The number of ether oxygens (including phenoxy) is 6. The van der Waals surface area contributed by atoms with E-state index in [1.807, 2.05) is 13.8 Å². The highest BCUT2D eigenvalue weighted by Gasteiger charge is 2.53. The van der Waals surface area contributed by atoms with E-state index in [1.165, 1.54) is 6.92 Å². The number of rotatable bonds is 8. The van der Waals surface area contributed by atoms with Crippen LogP contribution in [0.3, 0.4) is 0 Å². The van der Waals surface area contributed by atoms with Crippen LogP contribution in [0.1, 0.15) is 53.2 Å². The first-order valence-corrected chi connectivity index (χ1v) is 10.00. The largest absolute Gasteiger partial charge is 0.463 e. The number of carbonyl (C=O) groups is 4. The van der Waals surface area contributed by atoms with Crippen molar-refractivity contribution in [1.29, 1.82) is 0 Å². The van der Waals surface area contributed by atoms with Gasteiger partial charge in [-0.25, -0.2) is 0 Å². The predicted octanol–water partition coefficient (Wildman–Crippen LogP) is 0.995. The topological polar surface area (TPSA) is 152 Å². The molecule has 1 saturated heterocycles. The van der Waals surface area contributed by atoms with E-state index >= 15 is 0 Å². The predicted molar refractivity (Wildman–Crippen MR) is 105 cm³/mol. The smallest absolute Gasteiger partial charge is 0.303 e. The number of nitrogens with one attached hydrogen (secondary N) is 1. The first kappa shape index (κ1) is 25.1. The van der Waals surface area contributed by atoms with E-state index in [0.29, 0.717) is 0 Å². The van der Waals surface area contributed by atoms with Crippen molar-refractivity contribution in [3.63, 3.8) is 0 Å². The summed E-state index contributed by atoms with van der Waals surface area (Å²) in [5.74, 6) is -2.48. The summed E-state index contributed by atoms with van der Waals surface area (Å²) in [7, 11) is 0. The molecule has 2 rings (SSSR count). The molecule has 0 amide bonds. The molecule has 1 N–H and O–H groups in total. The lowest BCUT2D eigenvalue weighted by atomic mass is 9.98. The second kappa shape index (κ2) is 10.9. The Kier molecular flexibility index (Phi) is 8.58. The molecule has 0 aromatic carbocycles. The third-order valence-electron chi connectivity index (χ3n) is 4.38. The van der Waals surface area contributed by atoms with Gasteiger partial charge in [-0.15, -0.1) is 5.10 Å². The highest BCUT2D eigenvalue weighted by atomic mass is 16.7. The number of hydrogen-bond acceptors (Lipinski definition) is 11. The summed E-state index contributed by atoms with van der Waals surface area (Å²) in [5, 5.41) is 6.87. The molecule has 2 heterocycles. The van der Waals surface area contributed by atoms with Crippen molar-refractivity contribution < 1.29 is 47.6 Å². The molecule has 1 aromatic heterocycles. The number of hydrogen-bond donors (Lipinski definition) is 1. The number of aromatic nitrogens is 2. The molecular formula is C20H28N2O10. The van der Waals surface area contributed by atoms with E-state index in [-0.39, 0.29) is 18.4 Å². The van der Waals surface area contributed by atoms with Crippen molar-refractivity contribution >= 4 is 23.9 Å². The maximum Gasteiger partial charge on any atom is 0.303 e. The number of H-pyrrole nitrogens is 1. The van der Waals surface area contributed by atoms with Crippen molar-refractivity contribution in [2.45, 2.75) is 78.2 Å². The average Bonchev–Trinajstić information content (AvgIpc) is 3.13. The third kappa shape index (κ3) is 6.94. The van der Waals surface area contributed by atoms with Crippen molar-refractivity contribution in [1.82, 2.24) is 10.2 Å². The van der Waals surface area contributed by atoms with Crippen LogP contribution in [0.5, 0.6) is 5.88 Å². The number of carbonyl (C=O) groups excluding carboxylic acids is 4. The second-order valence-corrected chi connectivity index (χ2v) is 7.50. The Hall–Kier alpha value is -3.15. The summed E-state index contributed by atoms with van der Waals surface area (Å²) in [6.07, 6.45) is -6.27. The fourth-order valence-corrected chi connectivity index (χ4v) is 3.08. The number of esters is 4. The van der Waals surface area contributed by atoms with Crippen molar-refractivity contribution in [3.05, 3.63) is 11.8 Å². The molecule has 0 radical (unpaired) electrons. The van der Waals surface area contributed by atoms with Gasteiger partial charge in [0.1, 0.15) is 12.7 Å². The molecule has 1 fully saturated rings. The minimum atomic E-state index is -1.32. The second-order valence-electron chi connectivity index (χ2n) is 7.50. The zero-order chi connectivity index (χ0) is 24.0. The maximum atomic E-state index is 11.8. The molecule has 0 unspecified atom stereocenters. The first-order valence-electron chi connectivity index (χ1n) is 10.00. The lowest BCUT2D eigenvalue weighted by Crippen LogP contribution is -2.63. The monoisotopic (exact) mass is 456 g/mol. The van der Waals surface area contributed by atoms with Gasteiger partial charge in [0.15, 0.2) is 12.2 Å². The number of aromatic amines is 1. The Morgan fingerprint density at radius 3 is 2.00 bits per heavy atom. The minimum Gasteiger partial charge on any atom is -0.463 e. The fraction of sp³-hybridized carbons (Fsp3) is 0.650. The summed E-state index contributed by atoms with van der Waals surface area (Å²) in [6, 6.07) is 1.64. The van der Waals surface area contributed by atoms with Gasteiger partial charge in [0, 0.05) is 39.5 Å². The molecule has 178 valence electrons. The summed E-state index contributed by atoms with van der Waals surface area (Å²) < 4.78 is 32.6. The van der Waals surface area contributed by atoms with Gasteiger partial charge in [0.05, 0.1) is 0 Å². The molecular weight excluding hydrogens is 428 g/mol. The van der Waals surface area contributed by atoms with Crippen LogP contribution in [0, 0.1) is 0 Å². The molecule has 12 nitrogen and oxygen atoms in total. The van der Waals surface area contributed by atoms with Crippen LogP contribution in [0.15, 0.2) is 6.07 Å². The van der Waals surface area contributed by atoms with Crippen LogP contribution in [0.25, 0.3) is 0 Å². The van der Waals surface area contributed by atoms with Gasteiger partial charge in [0.25, 0.3) is 0 Å². The van der Waals surface area contributed by atoms with Crippen molar-refractivity contribution in [2.24, 2.45) is 0 Å². The van der Waals surface area contributed by atoms with Gasteiger partial charge < -0.3 is 28.4 Å². The molecule has 32 heavy (non-hydrogen) atoms. The summed E-state index contributed by atoms with van der Waals surface area (Å²) in [4.78, 5) is 46.6. The van der Waals surface area contributed by atoms with Crippen LogP contribution in [-0.4, -0.2) is 71.4 Å². The average molecular weight is 456 g/mol. The molecule has 12 heteroatoms. The molecule has 5 atom stereocenters. The molecule has 1 aliphatic heterocycles. The van der Waals surface area contributed by atoms with E-state index < -0.39 is 54.6 Å². The zero-order valence-electron chi connectivity index (χ0n) is 18.8. The highest BCUT2D eigenvalue weighted by molar-refractivity contribution is 5.68. The Bertz CT molecular complexity index is 836. The molecule has 0 bridgehead atoms. The lowest BCUT2D eigenvalue weighted by molar-refractivity contribution is -0.289. The zero-order valence-corrected chi connectivity index (χ0v) is 18.8. The van der Waals surface area contributed by atoms with E-state index in [0.717, 1.165) is 26.5 Å². The highest BCUT2D eigenvalue weighted by Crippen LogP contribution is 2.31. The van der Waals surface area contributed by atoms with Gasteiger partial charge in [-0.05, 0) is 5.92 Å². The van der Waals surface area contributed by atoms with Gasteiger partial charge in [0.2, 0.25) is 18.3 Å². The van der Waals surface area contributed by atoms with Crippen LogP contribution in [0.4, 0.5) is 0 Å². The van der Waals surface area contributed by atoms with Crippen LogP contribution in [0.2, 0.25) is 0 Å². The lowest BCUT2D eigenvalue weighted by Gasteiger charge is -2.43. The standard InChI is InChI=1S/C20H28N2O10/c1-9(2)14-7-16(22-21-14)32-20-19(30-13(6)26)18(29-12(5)25)17(28-11(4)24)15(31-20)8-27-10(3)23/h7,9,15,17-20H,8H2,1-6H3,(H,21,22)/t15-,17-,18+,19-,20+/m1/s1. The van der Waals surface area contributed by atoms with E-state index in [9.17, 15) is 19.2 Å². The molecule has 1 aromatic rings. The normalized spacial score (nSPS) is 25.0. The first-order chi connectivity index (χ1) is 15.0. The van der Waals surface area contributed by atoms with Gasteiger partial charge in [-0.1, -0.05) is 13.8 Å². The Morgan fingerprint density at radius 2 is 1.50 bits per heavy atom. The number of nitrogens with zero attached hydrogens (tertiary/aromatic N) is 1. The molecule has 0 spiro atoms. The quantitative estimate of drug-likeness (QED) is 0.440. The Balaban J connectivity index is 2.42. The maximum absolute atomic E-state index is 11.8. The van der Waals surface area contributed by atoms with E-state index in [2.05, 4.69) is 10.2 Å². The van der Waals surface area contributed by atoms with Gasteiger partial charge >= 0.3 is 23.9 Å². The van der Waals surface area contributed by atoms with E-state index in [4.69, 9.17) is 28.4 Å². The van der Waals surface area contributed by atoms with Crippen molar-refractivity contribution in [3.8, 4) is 5.88 Å². The van der Waals surface area contributed by atoms with Crippen LogP contribution < -0.4 is 4.74 Å². The van der Waals surface area contributed by atoms with E-state index in [1.54, 1.807) is 6.07 Å². The van der Waals surface area contributed by atoms with Crippen molar-refractivity contribution in [2.75, 3.05) is 6.61 Å². The Morgan fingerprint density at radius 1 is 0.938 bits per heavy atom. The minimum absolute atomic E-state index is 0.134. The van der Waals surface area contributed by atoms with Gasteiger partial charge in [-0.3, -0.25) is 24.3 Å². The third-order valence-corrected chi connectivity index (χ3v) is 4.38. The summed E-state index contributed by atoms with van der Waals surface area (Å²) >= 11 is 0. The fourth-order valence-electron chi connectivity index (χ4n) is 3.08. The molecule has 0 aliphatic carbocycles. The SMILES string of the molecule is CC(=O)OC[C@H]1O[C@@H](Oc2cc(C(C)C)[nH]n2)[C@H](OC(C)=O)[C@@H](OC(C)=O)[C@@H]1OC(C)=O.